The molecule has 0 aromatic heterocycles. The summed E-state index contributed by atoms with van der Waals surface area (Å²) in [4.78, 5) is 15.0. The number of carbonyl (C=O) groups excluding carboxylic acids is 1. The fourth-order valence-electron chi connectivity index (χ4n) is 3.14. The standard InChI is InChI=1S/C15H18ClNO2/c1-10-8-12(16)11(2)13(14(10)19-3)15(17-9-18)6-4-5-7-15/h8H,4-7H2,1-3H3. The maximum Gasteiger partial charge on any atom is 0.235 e. The van der Waals surface area contributed by atoms with Crippen LogP contribution in [-0.2, 0) is 10.3 Å². The predicted molar refractivity (Wildman–Crippen MR) is 75.7 cm³/mol. The number of benzene rings is 1. The summed E-state index contributed by atoms with van der Waals surface area (Å²) < 4.78 is 5.55. The molecule has 102 valence electrons. The van der Waals surface area contributed by atoms with Crippen molar-refractivity contribution in [2.45, 2.75) is 45.1 Å². The summed E-state index contributed by atoms with van der Waals surface area (Å²) in [7, 11) is 1.65. The van der Waals surface area contributed by atoms with Gasteiger partial charge in [-0.3, -0.25) is 0 Å². The van der Waals surface area contributed by atoms with Crippen LogP contribution < -0.4 is 4.74 Å². The molecule has 1 aromatic carbocycles. The summed E-state index contributed by atoms with van der Waals surface area (Å²) in [5.74, 6) is 0.794. The Hall–Kier alpha value is -1.31. The van der Waals surface area contributed by atoms with Gasteiger partial charge in [-0.1, -0.05) is 24.4 Å². The van der Waals surface area contributed by atoms with Gasteiger partial charge >= 0.3 is 0 Å². The largest absolute Gasteiger partial charge is 0.496 e. The average Bonchev–Trinajstić information content (AvgIpc) is 2.83. The molecule has 0 spiro atoms. The van der Waals surface area contributed by atoms with Crippen molar-refractivity contribution in [1.29, 1.82) is 0 Å². The maximum absolute atomic E-state index is 10.9. The van der Waals surface area contributed by atoms with Gasteiger partial charge in [0.2, 0.25) is 6.08 Å². The van der Waals surface area contributed by atoms with Gasteiger partial charge in [-0.05, 0) is 43.9 Å². The summed E-state index contributed by atoms with van der Waals surface area (Å²) in [5, 5.41) is 0.695. The van der Waals surface area contributed by atoms with E-state index < -0.39 is 5.54 Å². The number of hydrogen-bond donors (Lipinski definition) is 0. The van der Waals surface area contributed by atoms with Gasteiger partial charge in [-0.15, -0.1) is 0 Å². The molecule has 1 fully saturated rings. The number of hydrogen-bond acceptors (Lipinski definition) is 3. The van der Waals surface area contributed by atoms with Crippen LogP contribution in [0.1, 0.15) is 42.4 Å². The molecule has 0 radical (unpaired) electrons. The van der Waals surface area contributed by atoms with Gasteiger partial charge in [-0.2, -0.15) is 4.99 Å². The molecule has 0 N–H and O–H groups in total. The van der Waals surface area contributed by atoms with E-state index >= 15 is 0 Å². The second-order valence-electron chi connectivity index (χ2n) is 5.15. The molecule has 1 aliphatic carbocycles. The van der Waals surface area contributed by atoms with Crippen LogP contribution in [0.4, 0.5) is 0 Å². The summed E-state index contributed by atoms with van der Waals surface area (Å²) in [6.45, 7) is 3.92. The van der Waals surface area contributed by atoms with E-state index in [9.17, 15) is 4.79 Å². The van der Waals surface area contributed by atoms with E-state index in [0.29, 0.717) is 5.02 Å². The minimum atomic E-state index is -0.507. The third kappa shape index (κ3) is 2.29. The summed E-state index contributed by atoms with van der Waals surface area (Å²) in [5.41, 5.74) is 2.37. The highest BCUT2D eigenvalue weighted by atomic mass is 35.5. The lowest BCUT2D eigenvalue weighted by molar-refractivity contribution is 0.375. The number of methoxy groups -OCH3 is 1. The second-order valence-corrected chi connectivity index (χ2v) is 5.56. The molecule has 4 heteroatoms. The fourth-order valence-corrected chi connectivity index (χ4v) is 3.40. The molecule has 0 bridgehead atoms. The van der Waals surface area contributed by atoms with E-state index in [4.69, 9.17) is 16.3 Å². The molecule has 19 heavy (non-hydrogen) atoms. The highest BCUT2D eigenvalue weighted by molar-refractivity contribution is 6.31. The Morgan fingerprint density at radius 1 is 1.37 bits per heavy atom. The highest BCUT2D eigenvalue weighted by Crippen LogP contribution is 2.49. The van der Waals surface area contributed by atoms with Gasteiger partial charge < -0.3 is 4.74 Å². The summed E-state index contributed by atoms with van der Waals surface area (Å²) in [6.07, 6.45) is 5.55. The minimum absolute atomic E-state index is 0.507. The van der Waals surface area contributed by atoms with E-state index in [-0.39, 0.29) is 0 Å². The van der Waals surface area contributed by atoms with Gasteiger partial charge in [0.05, 0.1) is 7.11 Å². The molecule has 2 rings (SSSR count). The number of ether oxygens (including phenoxy) is 1. The van der Waals surface area contributed by atoms with Crippen LogP contribution in [0.2, 0.25) is 5.02 Å². The van der Waals surface area contributed by atoms with Gasteiger partial charge in [0.1, 0.15) is 11.3 Å². The molecule has 0 amide bonds. The molecule has 1 aromatic rings. The first-order valence-electron chi connectivity index (χ1n) is 6.49. The molecule has 0 aliphatic heterocycles. The molecule has 0 unspecified atom stereocenters. The second kappa shape index (κ2) is 5.36. The molecular formula is C15H18ClNO2. The molecule has 0 saturated heterocycles. The average molecular weight is 280 g/mol. The topological polar surface area (TPSA) is 38.7 Å². The van der Waals surface area contributed by atoms with Crippen molar-refractivity contribution in [3.63, 3.8) is 0 Å². The van der Waals surface area contributed by atoms with Crippen molar-refractivity contribution >= 4 is 17.7 Å². The number of rotatable bonds is 3. The zero-order valence-corrected chi connectivity index (χ0v) is 12.3. The van der Waals surface area contributed by atoms with Crippen LogP contribution in [0.5, 0.6) is 5.75 Å². The third-order valence-electron chi connectivity index (χ3n) is 4.02. The van der Waals surface area contributed by atoms with Gasteiger partial charge in [0.25, 0.3) is 0 Å². The van der Waals surface area contributed by atoms with E-state index in [1.54, 1.807) is 13.2 Å². The Morgan fingerprint density at radius 3 is 2.53 bits per heavy atom. The van der Waals surface area contributed by atoms with E-state index in [1.807, 2.05) is 19.9 Å². The first-order valence-corrected chi connectivity index (χ1v) is 6.87. The van der Waals surface area contributed by atoms with Crippen molar-refractivity contribution in [2.24, 2.45) is 4.99 Å². The molecule has 1 saturated carbocycles. The van der Waals surface area contributed by atoms with E-state index in [2.05, 4.69) is 4.99 Å². The zero-order chi connectivity index (χ0) is 14.0. The molecular weight excluding hydrogens is 262 g/mol. The Morgan fingerprint density at radius 2 is 2.00 bits per heavy atom. The Balaban J connectivity index is 2.75. The molecule has 1 aliphatic rings. The zero-order valence-electron chi connectivity index (χ0n) is 11.5. The molecule has 0 heterocycles. The van der Waals surface area contributed by atoms with Crippen LogP contribution in [0.25, 0.3) is 0 Å². The summed E-state index contributed by atoms with van der Waals surface area (Å²) >= 11 is 6.29. The normalized spacial score (nSPS) is 17.1. The SMILES string of the molecule is COc1c(C)cc(Cl)c(C)c1C1(N=C=O)CCCC1. The predicted octanol–water partition coefficient (Wildman–Crippen LogP) is 4.07. The lowest BCUT2D eigenvalue weighted by Gasteiger charge is -2.28. The third-order valence-corrected chi connectivity index (χ3v) is 4.41. The van der Waals surface area contributed by atoms with Gasteiger partial charge in [0, 0.05) is 10.6 Å². The lowest BCUT2D eigenvalue weighted by atomic mass is 9.84. The first-order chi connectivity index (χ1) is 9.05. The van der Waals surface area contributed by atoms with E-state index in [1.165, 1.54) is 0 Å². The number of aryl methyl sites for hydroxylation is 1. The van der Waals surface area contributed by atoms with Crippen molar-refractivity contribution < 1.29 is 9.53 Å². The van der Waals surface area contributed by atoms with Gasteiger partial charge in [-0.25, -0.2) is 4.79 Å². The van der Waals surface area contributed by atoms with Crippen molar-refractivity contribution in [1.82, 2.24) is 0 Å². The van der Waals surface area contributed by atoms with Crippen LogP contribution >= 0.6 is 11.6 Å². The van der Waals surface area contributed by atoms with Crippen molar-refractivity contribution in [2.75, 3.05) is 7.11 Å². The number of nitrogens with zero attached hydrogens (tertiary/aromatic N) is 1. The number of halogens is 1. The van der Waals surface area contributed by atoms with E-state index in [0.717, 1.165) is 48.1 Å². The minimum Gasteiger partial charge on any atom is -0.496 e. The van der Waals surface area contributed by atoms with Crippen LogP contribution in [-0.4, -0.2) is 13.2 Å². The maximum atomic E-state index is 10.9. The van der Waals surface area contributed by atoms with Crippen molar-refractivity contribution in [3.8, 4) is 5.75 Å². The highest BCUT2D eigenvalue weighted by Gasteiger charge is 2.40. The number of isocyanates is 1. The summed E-state index contributed by atoms with van der Waals surface area (Å²) in [6, 6.07) is 1.90. The molecule has 3 nitrogen and oxygen atoms in total. The molecule has 0 atom stereocenters. The van der Waals surface area contributed by atoms with Crippen LogP contribution in [0.15, 0.2) is 11.1 Å². The first kappa shape index (κ1) is 14.1. The quantitative estimate of drug-likeness (QED) is 0.618. The van der Waals surface area contributed by atoms with Crippen LogP contribution in [0.3, 0.4) is 0 Å². The monoisotopic (exact) mass is 279 g/mol. The van der Waals surface area contributed by atoms with Gasteiger partial charge in [0.15, 0.2) is 0 Å². The van der Waals surface area contributed by atoms with Crippen molar-refractivity contribution in [3.05, 3.63) is 27.8 Å². The lowest BCUT2D eigenvalue weighted by Crippen LogP contribution is -2.22. The van der Waals surface area contributed by atoms with Crippen LogP contribution in [0, 0.1) is 13.8 Å². The Bertz CT molecular complexity index is 542. The number of aliphatic imine (C=N–C) groups is 1. The Labute approximate surface area is 118 Å². The fraction of sp³-hybridized carbons (Fsp3) is 0.533. The Kier molecular flexibility index (Phi) is 3.98. The smallest absolute Gasteiger partial charge is 0.235 e.